The SMILES string of the molecule is O=C(c1nnc2n1CCCC2)N1CCC(C2(O)CC2)CC1. The first-order valence-corrected chi connectivity index (χ1v) is 8.11. The Morgan fingerprint density at radius 3 is 2.62 bits per heavy atom. The molecule has 6 heteroatoms. The van der Waals surface area contributed by atoms with Crippen molar-refractivity contribution in [2.24, 2.45) is 5.92 Å². The lowest BCUT2D eigenvalue weighted by Crippen LogP contribution is -2.42. The number of aryl methyl sites for hydroxylation is 1. The molecule has 0 unspecified atom stereocenters. The van der Waals surface area contributed by atoms with Gasteiger partial charge in [-0.25, -0.2) is 0 Å². The number of hydrogen-bond donors (Lipinski definition) is 1. The van der Waals surface area contributed by atoms with Crippen LogP contribution in [0.15, 0.2) is 0 Å². The molecule has 1 aromatic rings. The molecule has 1 saturated carbocycles. The van der Waals surface area contributed by atoms with Crippen LogP contribution in [0.1, 0.15) is 55.0 Å². The van der Waals surface area contributed by atoms with Crippen molar-refractivity contribution in [2.45, 2.75) is 57.1 Å². The van der Waals surface area contributed by atoms with E-state index in [0.29, 0.717) is 11.7 Å². The van der Waals surface area contributed by atoms with Crippen LogP contribution in [0.2, 0.25) is 0 Å². The molecule has 6 nitrogen and oxygen atoms in total. The number of aromatic nitrogens is 3. The monoisotopic (exact) mass is 290 g/mol. The molecule has 2 aliphatic heterocycles. The first kappa shape index (κ1) is 13.2. The van der Waals surface area contributed by atoms with Gasteiger partial charge < -0.3 is 14.6 Å². The van der Waals surface area contributed by atoms with E-state index in [1.165, 1.54) is 0 Å². The van der Waals surface area contributed by atoms with Crippen molar-refractivity contribution in [1.29, 1.82) is 0 Å². The third-order valence-electron chi connectivity index (χ3n) is 5.36. The molecule has 1 amide bonds. The van der Waals surface area contributed by atoms with E-state index < -0.39 is 5.60 Å². The van der Waals surface area contributed by atoms with Crippen LogP contribution in [0.25, 0.3) is 0 Å². The molecule has 1 N–H and O–H groups in total. The molecule has 0 bridgehead atoms. The number of fused-ring (bicyclic) bond motifs is 1. The van der Waals surface area contributed by atoms with Gasteiger partial charge in [0, 0.05) is 26.1 Å². The Morgan fingerprint density at radius 2 is 1.90 bits per heavy atom. The summed E-state index contributed by atoms with van der Waals surface area (Å²) in [5.41, 5.74) is -0.414. The van der Waals surface area contributed by atoms with E-state index in [0.717, 1.165) is 70.4 Å². The van der Waals surface area contributed by atoms with Crippen LogP contribution in [-0.4, -0.2) is 49.4 Å². The number of hydrogen-bond acceptors (Lipinski definition) is 4. The molecule has 1 saturated heterocycles. The Balaban J connectivity index is 1.45. The van der Waals surface area contributed by atoms with E-state index in [4.69, 9.17) is 0 Å². The van der Waals surface area contributed by atoms with Crippen LogP contribution in [0.3, 0.4) is 0 Å². The van der Waals surface area contributed by atoms with Crippen LogP contribution in [0, 0.1) is 5.92 Å². The smallest absolute Gasteiger partial charge is 0.291 e. The summed E-state index contributed by atoms with van der Waals surface area (Å²) in [6.07, 6.45) is 6.84. The fraction of sp³-hybridized carbons (Fsp3) is 0.800. The molecule has 21 heavy (non-hydrogen) atoms. The fourth-order valence-electron chi connectivity index (χ4n) is 3.76. The molecule has 3 aliphatic rings. The van der Waals surface area contributed by atoms with E-state index in [1.807, 2.05) is 9.47 Å². The lowest BCUT2D eigenvalue weighted by molar-refractivity contribution is 0.0332. The van der Waals surface area contributed by atoms with Crippen molar-refractivity contribution in [3.63, 3.8) is 0 Å². The van der Waals surface area contributed by atoms with Gasteiger partial charge in [-0.1, -0.05) is 0 Å². The summed E-state index contributed by atoms with van der Waals surface area (Å²) >= 11 is 0. The highest BCUT2D eigenvalue weighted by Gasteiger charge is 2.48. The van der Waals surface area contributed by atoms with Crippen molar-refractivity contribution >= 4 is 5.91 Å². The highest BCUT2D eigenvalue weighted by atomic mass is 16.3. The summed E-state index contributed by atoms with van der Waals surface area (Å²) in [5, 5.41) is 18.5. The highest BCUT2D eigenvalue weighted by Crippen LogP contribution is 2.46. The predicted molar refractivity (Wildman–Crippen MR) is 75.8 cm³/mol. The predicted octanol–water partition coefficient (Wildman–Crippen LogP) is 0.991. The minimum atomic E-state index is -0.414. The highest BCUT2D eigenvalue weighted by molar-refractivity contribution is 5.90. The topological polar surface area (TPSA) is 71.2 Å². The van der Waals surface area contributed by atoms with Crippen LogP contribution in [0.4, 0.5) is 0 Å². The first-order chi connectivity index (χ1) is 10.2. The number of piperidine rings is 1. The molecule has 1 aromatic heterocycles. The van der Waals surface area contributed by atoms with Gasteiger partial charge in [0.2, 0.25) is 5.82 Å². The van der Waals surface area contributed by atoms with Gasteiger partial charge in [-0.05, 0) is 44.4 Å². The molecule has 2 fully saturated rings. The molecule has 0 radical (unpaired) electrons. The number of aliphatic hydroxyl groups is 1. The number of carbonyl (C=O) groups excluding carboxylic acids is 1. The maximum absolute atomic E-state index is 12.6. The summed E-state index contributed by atoms with van der Waals surface area (Å²) < 4.78 is 1.99. The molecule has 0 spiro atoms. The quantitative estimate of drug-likeness (QED) is 0.882. The summed E-state index contributed by atoms with van der Waals surface area (Å²) in [7, 11) is 0. The second-order valence-electron chi connectivity index (χ2n) is 6.72. The van der Waals surface area contributed by atoms with Crippen LogP contribution in [-0.2, 0) is 13.0 Å². The average molecular weight is 290 g/mol. The van der Waals surface area contributed by atoms with Crippen LogP contribution in [0.5, 0.6) is 0 Å². The summed E-state index contributed by atoms with van der Waals surface area (Å²) in [6, 6.07) is 0. The minimum absolute atomic E-state index is 0.0110. The van der Waals surface area contributed by atoms with Crippen molar-refractivity contribution < 1.29 is 9.90 Å². The maximum Gasteiger partial charge on any atom is 0.291 e. The van der Waals surface area contributed by atoms with E-state index >= 15 is 0 Å². The van der Waals surface area contributed by atoms with Gasteiger partial charge in [0.25, 0.3) is 5.91 Å². The average Bonchev–Trinajstić information content (AvgIpc) is 3.13. The maximum atomic E-state index is 12.6. The number of amides is 1. The first-order valence-electron chi connectivity index (χ1n) is 8.11. The molecular formula is C15H22N4O2. The Kier molecular flexibility index (Phi) is 3.03. The van der Waals surface area contributed by atoms with E-state index in [1.54, 1.807) is 0 Å². The second kappa shape index (κ2) is 4.80. The van der Waals surface area contributed by atoms with Gasteiger partial charge in [0.15, 0.2) is 0 Å². The van der Waals surface area contributed by atoms with Crippen molar-refractivity contribution in [2.75, 3.05) is 13.1 Å². The van der Waals surface area contributed by atoms with Crippen LogP contribution < -0.4 is 0 Å². The number of rotatable bonds is 2. The molecule has 4 rings (SSSR count). The zero-order chi connectivity index (χ0) is 14.4. The van der Waals surface area contributed by atoms with Gasteiger partial charge >= 0.3 is 0 Å². The standard InChI is InChI=1S/C15H22N4O2/c20-14(13-17-16-12-3-1-2-8-19(12)13)18-9-4-11(5-10-18)15(21)6-7-15/h11,21H,1-10H2. The lowest BCUT2D eigenvalue weighted by atomic mass is 9.89. The zero-order valence-electron chi connectivity index (χ0n) is 12.3. The second-order valence-corrected chi connectivity index (χ2v) is 6.72. The largest absolute Gasteiger partial charge is 0.390 e. The molecule has 1 aliphatic carbocycles. The summed E-state index contributed by atoms with van der Waals surface area (Å²) in [6.45, 7) is 2.32. The van der Waals surface area contributed by atoms with Crippen molar-refractivity contribution in [3.05, 3.63) is 11.6 Å². The van der Waals surface area contributed by atoms with E-state index in [2.05, 4.69) is 10.2 Å². The Morgan fingerprint density at radius 1 is 1.14 bits per heavy atom. The summed E-state index contributed by atoms with van der Waals surface area (Å²) in [4.78, 5) is 14.5. The van der Waals surface area contributed by atoms with E-state index in [9.17, 15) is 9.90 Å². The van der Waals surface area contributed by atoms with Gasteiger partial charge in [0.05, 0.1) is 5.60 Å². The van der Waals surface area contributed by atoms with Gasteiger partial charge in [0.1, 0.15) is 5.82 Å². The molecule has 3 heterocycles. The van der Waals surface area contributed by atoms with Gasteiger partial charge in [-0.15, -0.1) is 10.2 Å². The third kappa shape index (κ3) is 2.25. The number of carbonyl (C=O) groups is 1. The Hall–Kier alpha value is -1.43. The minimum Gasteiger partial charge on any atom is -0.390 e. The Labute approximate surface area is 124 Å². The van der Waals surface area contributed by atoms with Crippen LogP contribution >= 0.6 is 0 Å². The number of likely N-dealkylation sites (tertiary alicyclic amines) is 1. The van der Waals surface area contributed by atoms with E-state index in [-0.39, 0.29) is 5.91 Å². The Bertz CT molecular complexity index is 556. The number of nitrogens with zero attached hydrogens (tertiary/aromatic N) is 4. The molecule has 0 aromatic carbocycles. The lowest BCUT2D eigenvalue weighted by Gasteiger charge is -2.34. The van der Waals surface area contributed by atoms with Gasteiger partial charge in [-0.3, -0.25) is 4.79 Å². The normalized spacial score (nSPS) is 24.7. The van der Waals surface area contributed by atoms with Crippen molar-refractivity contribution in [1.82, 2.24) is 19.7 Å². The van der Waals surface area contributed by atoms with Gasteiger partial charge in [-0.2, -0.15) is 0 Å². The molecule has 114 valence electrons. The summed E-state index contributed by atoms with van der Waals surface area (Å²) in [5.74, 6) is 1.84. The van der Waals surface area contributed by atoms with Crippen molar-refractivity contribution in [3.8, 4) is 0 Å². The molecule has 0 atom stereocenters. The third-order valence-corrected chi connectivity index (χ3v) is 5.36. The fourth-order valence-corrected chi connectivity index (χ4v) is 3.76. The molecular weight excluding hydrogens is 268 g/mol. The zero-order valence-corrected chi connectivity index (χ0v) is 12.3.